The fraction of sp³-hybridized carbons (Fsp3) is 0.778. The molecule has 0 aromatic heterocycles. The average molecular weight is 217 g/mol. The lowest BCUT2D eigenvalue weighted by molar-refractivity contribution is -0.127. The van der Waals surface area contributed by atoms with Crippen molar-refractivity contribution in [3.05, 3.63) is 0 Å². The van der Waals surface area contributed by atoms with Crippen LogP contribution in [0.25, 0.3) is 0 Å². The van der Waals surface area contributed by atoms with Gasteiger partial charge in [-0.25, -0.2) is 0 Å². The summed E-state index contributed by atoms with van der Waals surface area (Å²) in [6, 6.07) is 0. The smallest absolute Gasteiger partial charge is 0.246 e. The number of carbonyl (C=O) groups excluding carboxylic acids is 2. The zero-order valence-corrected chi connectivity index (χ0v) is 9.21. The van der Waals surface area contributed by atoms with Gasteiger partial charge in [0.25, 0.3) is 0 Å². The molecule has 0 atom stereocenters. The number of nitrogens with two attached hydrogens (primary N) is 2. The van der Waals surface area contributed by atoms with Gasteiger partial charge in [-0.05, 0) is 13.8 Å². The van der Waals surface area contributed by atoms with Gasteiger partial charge in [0.2, 0.25) is 11.8 Å². The lowest BCUT2D eigenvalue weighted by Gasteiger charge is -2.24. The number of hydrogen-bond acceptors (Lipinski definition) is 4. The summed E-state index contributed by atoms with van der Waals surface area (Å²) in [5, 5.41) is 2.64. The monoisotopic (exact) mass is 217 g/mol. The maximum Gasteiger partial charge on any atom is 0.246 e. The Morgan fingerprint density at radius 3 is 2.47 bits per heavy atom. The highest BCUT2D eigenvalue weighted by Crippen LogP contribution is 2.06. The van der Waals surface area contributed by atoms with Gasteiger partial charge in [-0.1, -0.05) is 0 Å². The van der Waals surface area contributed by atoms with Crippen molar-refractivity contribution in [3.8, 4) is 0 Å². The van der Waals surface area contributed by atoms with E-state index in [0.29, 0.717) is 13.2 Å². The van der Waals surface area contributed by atoms with E-state index in [0.717, 1.165) is 0 Å². The predicted octanol–water partition coefficient (Wildman–Crippen LogP) is -1.27. The second kappa shape index (κ2) is 6.36. The number of hydrogen-bond donors (Lipinski definition) is 3. The van der Waals surface area contributed by atoms with Crippen molar-refractivity contribution in [2.24, 2.45) is 11.5 Å². The summed E-state index contributed by atoms with van der Waals surface area (Å²) in [7, 11) is 0. The molecule has 88 valence electrons. The maximum atomic E-state index is 11.3. The summed E-state index contributed by atoms with van der Waals surface area (Å²) >= 11 is 0. The Labute approximate surface area is 89.3 Å². The molecule has 6 nitrogen and oxygen atoms in total. The molecule has 0 unspecified atom stereocenters. The van der Waals surface area contributed by atoms with Crippen LogP contribution in [0.3, 0.4) is 0 Å². The molecule has 0 aliphatic rings. The molecule has 0 radical (unpaired) electrons. The van der Waals surface area contributed by atoms with E-state index in [4.69, 9.17) is 16.2 Å². The molecule has 0 saturated carbocycles. The highest BCUT2D eigenvalue weighted by Gasteiger charge is 2.22. The number of nitrogens with one attached hydrogen (secondary N) is 1. The first-order valence-corrected chi connectivity index (χ1v) is 4.74. The van der Waals surface area contributed by atoms with E-state index >= 15 is 0 Å². The molecular formula is C9H19N3O3. The standard InChI is InChI=1S/C9H19N3O3/c1-9(2,5-7(11)13)12-8(14)6-15-4-3-10/h3-6,10H2,1-2H3,(H2,11,13)(H,12,14). The van der Waals surface area contributed by atoms with Gasteiger partial charge >= 0.3 is 0 Å². The Morgan fingerprint density at radius 1 is 1.40 bits per heavy atom. The summed E-state index contributed by atoms with van der Waals surface area (Å²) in [6.07, 6.45) is 0.0929. The van der Waals surface area contributed by atoms with Gasteiger partial charge in [-0.3, -0.25) is 9.59 Å². The highest BCUT2D eigenvalue weighted by molar-refractivity contribution is 5.80. The number of amides is 2. The van der Waals surface area contributed by atoms with Gasteiger partial charge in [-0.15, -0.1) is 0 Å². The molecule has 0 saturated heterocycles. The zero-order valence-electron chi connectivity index (χ0n) is 9.21. The Morgan fingerprint density at radius 2 is 2.00 bits per heavy atom. The first kappa shape index (κ1) is 13.9. The Kier molecular flexibility index (Phi) is 5.88. The normalized spacial score (nSPS) is 11.1. The van der Waals surface area contributed by atoms with Crippen molar-refractivity contribution in [2.75, 3.05) is 19.8 Å². The molecule has 0 spiro atoms. The summed E-state index contributed by atoms with van der Waals surface area (Å²) < 4.78 is 4.94. The van der Waals surface area contributed by atoms with Crippen LogP contribution < -0.4 is 16.8 Å². The van der Waals surface area contributed by atoms with Crippen LogP contribution in [0, 0.1) is 0 Å². The van der Waals surface area contributed by atoms with Crippen LogP contribution in [0.4, 0.5) is 0 Å². The minimum absolute atomic E-state index is 0.0562. The molecule has 0 aliphatic heterocycles. The molecule has 0 rings (SSSR count). The fourth-order valence-corrected chi connectivity index (χ4v) is 1.14. The molecule has 0 bridgehead atoms. The van der Waals surface area contributed by atoms with Gasteiger partial charge in [0.05, 0.1) is 6.61 Å². The molecule has 0 aliphatic carbocycles. The third-order valence-corrected chi connectivity index (χ3v) is 1.59. The van der Waals surface area contributed by atoms with E-state index < -0.39 is 11.4 Å². The lowest BCUT2D eigenvalue weighted by atomic mass is 10.0. The SMILES string of the molecule is CC(C)(CC(N)=O)NC(=O)COCCN. The minimum atomic E-state index is -0.644. The molecule has 0 aromatic carbocycles. The number of primary amides is 1. The maximum absolute atomic E-state index is 11.3. The lowest BCUT2D eigenvalue weighted by Crippen LogP contribution is -2.47. The van der Waals surface area contributed by atoms with Crippen LogP contribution in [-0.4, -0.2) is 37.1 Å². The molecule has 5 N–H and O–H groups in total. The molecular weight excluding hydrogens is 198 g/mol. The van der Waals surface area contributed by atoms with Crippen LogP contribution in [0.5, 0.6) is 0 Å². The Balaban J connectivity index is 3.88. The van der Waals surface area contributed by atoms with Gasteiger partial charge < -0.3 is 21.5 Å². The van der Waals surface area contributed by atoms with Crippen LogP contribution in [0.2, 0.25) is 0 Å². The van der Waals surface area contributed by atoms with Crippen molar-refractivity contribution in [3.63, 3.8) is 0 Å². The fourth-order valence-electron chi connectivity index (χ4n) is 1.14. The van der Waals surface area contributed by atoms with Gasteiger partial charge in [0.1, 0.15) is 6.61 Å². The summed E-state index contributed by atoms with van der Waals surface area (Å²) in [5.41, 5.74) is 9.58. The first-order chi connectivity index (χ1) is 6.87. The highest BCUT2D eigenvalue weighted by atomic mass is 16.5. The molecule has 0 aromatic rings. The van der Waals surface area contributed by atoms with E-state index in [1.807, 2.05) is 0 Å². The van der Waals surface area contributed by atoms with Crippen LogP contribution in [0.1, 0.15) is 20.3 Å². The average Bonchev–Trinajstić information content (AvgIpc) is 2.00. The zero-order chi connectivity index (χ0) is 11.9. The molecule has 0 heterocycles. The largest absolute Gasteiger partial charge is 0.370 e. The number of rotatable bonds is 7. The van der Waals surface area contributed by atoms with E-state index in [1.54, 1.807) is 13.8 Å². The minimum Gasteiger partial charge on any atom is -0.370 e. The van der Waals surface area contributed by atoms with E-state index in [2.05, 4.69) is 5.32 Å². The van der Waals surface area contributed by atoms with Crippen LogP contribution in [0.15, 0.2) is 0 Å². The quantitative estimate of drug-likeness (QED) is 0.462. The second-order valence-electron chi connectivity index (χ2n) is 3.92. The van der Waals surface area contributed by atoms with Crippen molar-refractivity contribution in [1.29, 1.82) is 0 Å². The summed E-state index contributed by atoms with van der Waals surface area (Å²) in [6.45, 7) is 4.10. The number of ether oxygens (including phenoxy) is 1. The van der Waals surface area contributed by atoms with Gasteiger partial charge in [0, 0.05) is 18.5 Å². The van der Waals surface area contributed by atoms with Gasteiger partial charge in [-0.2, -0.15) is 0 Å². The first-order valence-electron chi connectivity index (χ1n) is 4.74. The van der Waals surface area contributed by atoms with Crippen molar-refractivity contribution >= 4 is 11.8 Å². The molecule has 2 amide bonds. The van der Waals surface area contributed by atoms with Crippen molar-refractivity contribution in [1.82, 2.24) is 5.32 Å². The third kappa shape index (κ3) is 7.90. The predicted molar refractivity (Wildman–Crippen MR) is 55.9 cm³/mol. The summed E-state index contributed by atoms with van der Waals surface area (Å²) in [5.74, 6) is -0.738. The van der Waals surface area contributed by atoms with E-state index in [-0.39, 0.29) is 18.9 Å². The van der Waals surface area contributed by atoms with Crippen molar-refractivity contribution in [2.45, 2.75) is 25.8 Å². The van der Waals surface area contributed by atoms with Crippen molar-refractivity contribution < 1.29 is 14.3 Å². The molecule has 6 heteroatoms. The topological polar surface area (TPSA) is 107 Å². The van der Waals surface area contributed by atoms with E-state index in [1.165, 1.54) is 0 Å². The number of carbonyl (C=O) groups is 2. The van der Waals surface area contributed by atoms with E-state index in [9.17, 15) is 9.59 Å². The van der Waals surface area contributed by atoms with Crippen LogP contribution >= 0.6 is 0 Å². The molecule has 0 fully saturated rings. The second-order valence-corrected chi connectivity index (χ2v) is 3.92. The Bertz CT molecular complexity index is 229. The Hall–Kier alpha value is -1.14. The van der Waals surface area contributed by atoms with Gasteiger partial charge in [0.15, 0.2) is 0 Å². The summed E-state index contributed by atoms with van der Waals surface area (Å²) in [4.78, 5) is 22.0. The van der Waals surface area contributed by atoms with Crippen LogP contribution in [-0.2, 0) is 14.3 Å². The molecule has 15 heavy (non-hydrogen) atoms. The third-order valence-electron chi connectivity index (χ3n) is 1.59.